The van der Waals surface area contributed by atoms with Gasteiger partial charge >= 0.3 is 0 Å². The molecule has 0 aliphatic carbocycles. The molecule has 0 fully saturated rings. The third-order valence-corrected chi connectivity index (χ3v) is 4.60. The van der Waals surface area contributed by atoms with E-state index >= 15 is 0 Å². The Morgan fingerprint density at radius 2 is 2.12 bits per heavy atom. The van der Waals surface area contributed by atoms with Gasteiger partial charge in [0.15, 0.2) is 5.69 Å². The van der Waals surface area contributed by atoms with Gasteiger partial charge in [0, 0.05) is 28.3 Å². The van der Waals surface area contributed by atoms with Crippen LogP contribution in [0.1, 0.15) is 35.8 Å². The van der Waals surface area contributed by atoms with Crippen LogP contribution in [0.4, 0.5) is 5.69 Å². The molecular weight excluding hydrogens is 396 g/mol. The van der Waals surface area contributed by atoms with Crippen molar-refractivity contribution < 1.29 is 9.90 Å². The molecule has 26 heavy (non-hydrogen) atoms. The van der Waals surface area contributed by atoms with Gasteiger partial charge in [0.25, 0.3) is 5.91 Å². The van der Waals surface area contributed by atoms with Crippen LogP contribution < -0.4 is 0 Å². The number of aromatic hydroxyl groups is 1. The van der Waals surface area contributed by atoms with E-state index in [1.807, 2.05) is 25.1 Å². The van der Waals surface area contributed by atoms with Crippen LogP contribution in [-0.4, -0.2) is 20.6 Å². The molecule has 7 heteroatoms. The maximum atomic E-state index is 12.2. The van der Waals surface area contributed by atoms with Crippen LogP contribution in [0.25, 0.3) is 10.9 Å². The number of unbranched alkanes of at least 4 members (excludes halogenated alkanes) is 1. The van der Waals surface area contributed by atoms with Crippen molar-refractivity contribution in [2.75, 3.05) is 0 Å². The summed E-state index contributed by atoms with van der Waals surface area (Å²) in [6.07, 6.45) is 3.40. The van der Waals surface area contributed by atoms with Gasteiger partial charge in [-0.05, 0) is 43.7 Å². The maximum absolute atomic E-state index is 12.2. The van der Waals surface area contributed by atoms with Crippen LogP contribution in [-0.2, 0) is 6.54 Å². The zero-order chi connectivity index (χ0) is 18.7. The van der Waals surface area contributed by atoms with Crippen molar-refractivity contribution in [1.82, 2.24) is 9.55 Å². The van der Waals surface area contributed by atoms with E-state index < -0.39 is 5.91 Å². The van der Waals surface area contributed by atoms with Crippen molar-refractivity contribution in [3.8, 4) is 5.88 Å². The largest absolute Gasteiger partial charge is 0.493 e. The molecule has 1 aromatic carbocycles. The van der Waals surface area contributed by atoms with Gasteiger partial charge in [0.1, 0.15) is 0 Å². The molecule has 0 aliphatic heterocycles. The van der Waals surface area contributed by atoms with Crippen molar-refractivity contribution in [2.45, 2.75) is 33.2 Å². The lowest BCUT2D eigenvalue weighted by molar-refractivity contribution is 0.0994. The average molecular weight is 415 g/mol. The fraction of sp³-hybridized carbons (Fsp3) is 0.263. The Morgan fingerprint density at radius 1 is 1.31 bits per heavy atom. The molecule has 0 bridgehead atoms. The molecule has 6 nitrogen and oxygen atoms in total. The molecule has 3 rings (SSSR count). The van der Waals surface area contributed by atoms with E-state index in [9.17, 15) is 9.90 Å². The van der Waals surface area contributed by atoms with Gasteiger partial charge in [-0.25, -0.2) is 0 Å². The lowest BCUT2D eigenvalue weighted by Crippen LogP contribution is -1.96. The van der Waals surface area contributed by atoms with Gasteiger partial charge in [-0.2, -0.15) is 0 Å². The highest BCUT2D eigenvalue weighted by Gasteiger charge is 2.17. The zero-order valence-electron chi connectivity index (χ0n) is 14.6. The average Bonchev–Trinajstić information content (AvgIpc) is 2.89. The van der Waals surface area contributed by atoms with Gasteiger partial charge in [-0.1, -0.05) is 29.3 Å². The third kappa shape index (κ3) is 3.67. The molecule has 0 spiro atoms. The summed E-state index contributed by atoms with van der Waals surface area (Å²) in [6, 6.07) is 9.09. The van der Waals surface area contributed by atoms with E-state index in [0.717, 1.165) is 33.9 Å². The zero-order valence-corrected chi connectivity index (χ0v) is 16.2. The highest BCUT2D eigenvalue weighted by atomic mass is 79.9. The minimum absolute atomic E-state index is 0.0186. The van der Waals surface area contributed by atoms with E-state index in [-0.39, 0.29) is 5.88 Å². The number of pyridine rings is 1. The first-order valence-electron chi connectivity index (χ1n) is 8.40. The normalized spacial score (nSPS) is 11.5. The number of azo groups is 1. The molecule has 2 heterocycles. The first kappa shape index (κ1) is 18.3. The Labute approximate surface area is 159 Å². The minimum Gasteiger partial charge on any atom is -0.493 e. The molecule has 1 N–H and O–H groups in total. The Kier molecular flexibility index (Phi) is 5.46. The smallest absolute Gasteiger partial charge is 0.296 e. The molecule has 0 saturated heterocycles. The molecule has 0 aliphatic rings. The number of nitrogens with zero attached hydrogens (tertiary/aromatic N) is 4. The number of benzene rings is 1. The lowest BCUT2D eigenvalue weighted by Gasteiger charge is -2.05. The van der Waals surface area contributed by atoms with Crippen molar-refractivity contribution in [3.63, 3.8) is 0 Å². The summed E-state index contributed by atoms with van der Waals surface area (Å²) < 4.78 is 2.67. The van der Waals surface area contributed by atoms with E-state index in [4.69, 9.17) is 0 Å². The Balaban J connectivity index is 2.00. The predicted octanol–water partition coefficient (Wildman–Crippen LogP) is 5.54. The molecule has 0 unspecified atom stereocenters. The van der Waals surface area contributed by atoms with Crippen LogP contribution >= 0.6 is 15.9 Å². The Hall–Kier alpha value is -2.54. The fourth-order valence-corrected chi connectivity index (χ4v) is 3.05. The summed E-state index contributed by atoms with van der Waals surface area (Å²) in [5, 5.41) is 19.2. The van der Waals surface area contributed by atoms with E-state index in [1.165, 1.54) is 6.20 Å². The van der Waals surface area contributed by atoms with Crippen molar-refractivity contribution in [1.29, 1.82) is 0 Å². The molecular formula is C19H19BrN4O2. The topological polar surface area (TPSA) is 79.8 Å². The highest BCUT2D eigenvalue weighted by Crippen LogP contribution is 2.40. The van der Waals surface area contributed by atoms with Crippen LogP contribution in [0.15, 0.2) is 51.2 Å². The molecule has 1 amide bonds. The quantitative estimate of drug-likeness (QED) is 0.556. The van der Waals surface area contributed by atoms with E-state index in [0.29, 0.717) is 17.8 Å². The number of aromatic nitrogens is 2. The van der Waals surface area contributed by atoms with Crippen LogP contribution in [0.5, 0.6) is 5.88 Å². The number of rotatable bonds is 5. The molecule has 0 saturated carbocycles. The second kappa shape index (κ2) is 7.78. The number of halogens is 1. The fourth-order valence-electron chi connectivity index (χ4n) is 2.68. The summed E-state index contributed by atoms with van der Waals surface area (Å²) >= 11 is 3.44. The second-order valence-electron chi connectivity index (χ2n) is 6.03. The van der Waals surface area contributed by atoms with Gasteiger partial charge in [0.2, 0.25) is 5.88 Å². The summed E-state index contributed by atoms with van der Waals surface area (Å²) in [6.45, 7) is 4.61. The lowest BCUT2D eigenvalue weighted by atomic mass is 10.2. The van der Waals surface area contributed by atoms with E-state index in [2.05, 4.69) is 38.1 Å². The second-order valence-corrected chi connectivity index (χ2v) is 6.95. The number of hydrogen-bond donors (Lipinski definition) is 1. The van der Waals surface area contributed by atoms with Gasteiger partial charge < -0.3 is 9.67 Å². The SMILES string of the molecule is CCCCn1c(O)c(N=NC(=O)c2ccc(C)nc2)c2cc(Br)ccc21. The van der Waals surface area contributed by atoms with Gasteiger partial charge in [0.05, 0.1) is 11.1 Å². The van der Waals surface area contributed by atoms with Crippen LogP contribution in [0, 0.1) is 6.92 Å². The molecule has 134 valence electrons. The molecule has 2 aromatic heterocycles. The van der Waals surface area contributed by atoms with Crippen molar-refractivity contribution >= 4 is 38.4 Å². The van der Waals surface area contributed by atoms with Crippen LogP contribution in [0.2, 0.25) is 0 Å². The maximum Gasteiger partial charge on any atom is 0.296 e. The van der Waals surface area contributed by atoms with Crippen molar-refractivity contribution in [2.24, 2.45) is 10.2 Å². The number of hydrogen-bond acceptors (Lipinski definition) is 4. The highest BCUT2D eigenvalue weighted by molar-refractivity contribution is 9.10. The number of aryl methyl sites for hydroxylation is 2. The molecule has 3 aromatic rings. The summed E-state index contributed by atoms with van der Waals surface area (Å²) in [5.74, 6) is -0.480. The monoisotopic (exact) mass is 414 g/mol. The number of fused-ring (bicyclic) bond motifs is 1. The Bertz CT molecular complexity index is 977. The molecule has 0 radical (unpaired) electrons. The van der Waals surface area contributed by atoms with Crippen molar-refractivity contribution in [3.05, 3.63) is 52.3 Å². The summed E-state index contributed by atoms with van der Waals surface area (Å²) in [4.78, 5) is 16.3. The number of amides is 1. The van der Waals surface area contributed by atoms with Crippen LogP contribution in [0.3, 0.4) is 0 Å². The first-order valence-corrected chi connectivity index (χ1v) is 9.20. The number of carbonyl (C=O) groups is 1. The van der Waals surface area contributed by atoms with E-state index in [1.54, 1.807) is 16.7 Å². The summed E-state index contributed by atoms with van der Waals surface area (Å²) in [5.41, 5.74) is 2.33. The number of carbonyl (C=O) groups excluding carboxylic acids is 1. The summed E-state index contributed by atoms with van der Waals surface area (Å²) in [7, 11) is 0. The first-order chi connectivity index (χ1) is 12.5. The predicted molar refractivity (Wildman–Crippen MR) is 104 cm³/mol. The standard InChI is InChI=1S/C19H19BrN4O2/c1-3-4-9-24-16-8-7-14(20)10-15(16)17(19(24)26)22-23-18(25)13-6-5-12(2)21-11-13/h5-8,10-11,26H,3-4,9H2,1-2H3. The minimum atomic E-state index is -0.499. The third-order valence-electron chi connectivity index (χ3n) is 4.11. The van der Waals surface area contributed by atoms with Gasteiger partial charge in [-0.15, -0.1) is 10.2 Å². The molecule has 0 atom stereocenters. The Morgan fingerprint density at radius 3 is 2.81 bits per heavy atom. The van der Waals surface area contributed by atoms with Gasteiger partial charge in [-0.3, -0.25) is 9.78 Å².